The Bertz CT molecular complexity index is 733. The number of aryl methyl sites for hydroxylation is 1. The molecule has 1 N–H and O–H groups in total. The second-order valence-electron chi connectivity index (χ2n) is 4.59. The predicted octanol–water partition coefficient (Wildman–Crippen LogP) is 3.76. The maximum Gasteiger partial charge on any atom is 0.387 e. The maximum atomic E-state index is 12.2. The van der Waals surface area contributed by atoms with Gasteiger partial charge in [0.2, 0.25) is 0 Å². The first-order valence-electron chi connectivity index (χ1n) is 6.48. The molecule has 0 atom stereocenters. The predicted molar refractivity (Wildman–Crippen MR) is 78.9 cm³/mol. The van der Waals surface area contributed by atoms with Crippen LogP contribution in [0.2, 0.25) is 0 Å². The van der Waals surface area contributed by atoms with Crippen molar-refractivity contribution in [3.05, 3.63) is 63.7 Å². The van der Waals surface area contributed by atoms with Gasteiger partial charge in [-0.2, -0.15) is 8.78 Å². The fraction of sp³-hybridized carbons (Fsp3) is 0.133. The quantitative estimate of drug-likeness (QED) is 0.671. The van der Waals surface area contributed by atoms with E-state index >= 15 is 0 Å². The number of hydrogen-bond acceptors (Lipinski definition) is 4. The van der Waals surface area contributed by atoms with E-state index in [1.807, 2.05) is 0 Å². The average molecular weight is 322 g/mol. The maximum absolute atomic E-state index is 12.2. The van der Waals surface area contributed by atoms with Gasteiger partial charge in [0.25, 0.3) is 11.6 Å². The summed E-state index contributed by atoms with van der Waals surface area (Å²) in [6.07, 6.45) is 0. The lowest BCUT2D eigenvalue weighted by molar-refractivity contribution is -0.385. The van der Waals surface area contributed by atoms with Crippen LogP contribution in [-0.4, -0.2) is 17.4 Å². The van der Waals surface area contributed by atoms with Crippen LogP contribution in [0.15, 0.2) is 42.5 Å². The summed E-state index contributed by atoms with van der Waals surface area (Å²) >= 11 is 0. The molecule has 0 aliphatic carbocycles. The number of carbonyl (C=O) groups excluding carboxylic acids is 1. The summed E-state index contributed by atoms with van der Waals surface area (Å²) in [6, 6.07) is 9.64. The third-order valence-electron chi connectivity index (χ3n) is 3.00. The second-order valence-corrected chi connectivity index (χ2v) is 4.59. The number of hydrogen-bond donors (Lipinski definition) is 1. The summed E-state index contributed by atoms with van der Waals surface area (Å²) in [5.41, 5.74) is 0.307. The van der Waals surface area contributed by atoms with Crippen molar-refractivity contribution in [3.8, 4) is 5.75 Å². The summed E-state index contributed by atoms with van der Waals surface area (Å²) < 4.78 is 28.3. The lowest BCUT2D eigenvalue weighted by Gasteiger charge is -2.08. The van der Waals surface area contributed by atoms with Crippen molar-refractivity contribution in [2.75, 3.05) is 5.32 Å². The van der Waals surface area contributed by atoms with E-state index < -0.39 is 17.4 Å². The number of alkyl halides is 2. The molecule has 0 radical (unpaired) electrons. The third kappa shape index (κ3) is 4.00. The number of carbonyl (C=O) groups is 1. The molecule has 2 aromatic rings. The molecule has 0 unspecified atom stereocenters. The zero-order valence-electron chi connectivity index (χ0n) is 12.0. The van der Waals surface area contributed by atoms with Crippen LogP contribution in [-0.2, 0) is 0 Å². The highest BCUT2D eigenvalue weighted by molar-refractivity contribution is 6.07. The van der Waals surface area contributed by atoms with Gasteiger partial charge in [-0.05, 0) is 37.3 Å². The van der Waals surface area contributed by atoms with Crippen LogP contribution >= 0.6 is 0 Å². The summed E-state index contributed by atoms with van der Waals surface area (Å²) in [6.45, 7) is -1.41. The standard InChI is InChI=1S/C15H12F2N2O4/c1-9-3-2-4-12(13(9)19(21)22)14(20)18-10-5-7-11(8-6-10)23-15(16)17/h2-8,15H,1H3,(H,18,20). The first-order valence-corrected chi connectivity index (χ1v) is 6.48. The van der Waals surface area contributed by atoms with Gasteiger partial charge in [0.1, 0.15) is 11.3 Å². The summed E-state index contributed by atoms with van der Waals surface area (Å²) in [7, 11) is 0. The number of benzene rings is 2. The molecule has 120 valence electrons. The van der Waals surface area contributed by atoms with Crippen molar-refractivity contribution in [1.82, 2.24) is 0 Å². The van der Waals surface area contributed by atoms with Crippen LogP contribution in [0.25, 0.3) is 0 Å². The zero-order chi connectivity index (χ0) is 17.0. The van der Waals surface area contributed by atoms with Crippen molar-refractivity contribution < 1.29 is 23.2 Å². The molecule has 0 heterocycles. The Labute approximate surface area is 129 Å². The van der Waals surface area contributed by atoms with Gasteiger partial charge in [-0.3, -0.25) is 14.9 Å². The molecule has 2 rings (SSSR count). The number of nitro groups is 1. The molecule has 23 heavy (non-hydrogen) atoms. The topological polar surface area (TPSA) is 81.5 Å². The molecular formula is C15H12F2N2O4. The average Bonchev–Trinajstić information content (AvgIpc) is 2.48. The molecule has 2 aromatic carbocycles. The highest BCUT2D eigenvalue weighted by Gasteiger charge is 2.22. The molecule has 6 nitrogen and oxygen atoms in total. The number of rotatable bonds is 5. The first kappa shape index (κ1) is 16.3. The number of nitrogens with zero attached hydrogens (tertiary/aromatic N) is 1. The molecule has 0 aliphatic heterocycles. The van der Waals surface area contributed by atoms with E-state index in [0.29, 0.717) is 11.3 Å². The largest absolute Gasteiger partial charge is 0.435 e. The van der Waals surface area contributed by atoms with Crippen molar-refractivity contribution in [3.63, 3.8) is 0 Å². The van der Waals surface area contributed by atoms with Gasteiger partial charge in [0.05, 0.1) is 4.92 Å². The van der Waals surface area contributed by atoms with Crippen LogP contribution in [0.5, 0.6) is 5.75 Å². The first-order chi connectivity index (χ1) is 10.9. The van der Waals surface area contributed by atoms with Crippen molar-refractivity contribution in [1.29, 1.82) is 0 Å². The normalized spacial score (nSPS) is 10.4. The Balaban J connectivity index is 2.20. The zero-order valence-corrected chi connectivity index (χ0v) is 12.0. The Morgan fingerprint density at radius 2 is 1.87 bits per heavy atom. The van der Waals surface area contributed by atoms with Crippen molar-refractivity contribution >= 4 is 17.3 Å². The van der Waals surface area contributed by atoms with Crippen LogP contribution in [0.1, 0.15) is 15.9 Å². The molecule has 1 amide bonds. The van der Waals surface area contributed by atoms with E-state index in [1.165, 1.54) is 49.4 Å². The van der Waals surface area contributed by atoms with E-state index in [2.05, 4.69) is 10.1 Å². The van der Waals surface area contributed by atoms with Crippen LogP contribution < -0.4 is 10.1 Å². The van der Waals surface area contributed by atoms with Gasteiger partial charge in [0, 0.05) is 11.3 Å². The van der Waals surface area contributed by atoms with Gasteiger partial charge >= 0.3 is 6.61 Å². The monoisotopic (exact) mass is 322 g/mol. The number of para-hydroxylation sites is 1. The summed E-state index contributed by atoms with van der Waals surface area (Å²) in [5, 5.41) is 13.6. The molecule has 0 saturated carbocycles. The minimum Gasteiger partial charge on any atom is -0.435 e. The van der Waals surface area contributed by atoms with Gasteiger partial charge in [0.15, 0.2) is 0 Å². The van der Waals surface area contributed by atoms with Crippen molar-refractivity contribution in [2.45, 2.75) is 13.5 Å². The number of anilines is 1. The minimum atomic E-state index is -2.94. The van der Waals surface area contributed by atoms with Gasteiger partial charge < -0.3 is 10.1 Å². The fourth-order valence-corrected chi connectivity index (χ4v) is 2.00. The Hall–Kier alpha value is -3.03. The van der Waals surface area contributed by atoms with E-state index in [9.17, 15) is 23.7 Å². The highest BCUT2D eigenvalue weighted by atomic mass is 19.3. The highest BCUT2D eigenvalue weighted by Crippen LogP contribution is 2.24. The van der Waals surface area contributed by atoms with Crippen molar-refractivity contribution in [2.24, 2.45) is 0 Å². The fourth-order valence-electron chi connectivity index (χ4n) is 2.00. The van der Waals surface area contributed by atoms with E-state index in [4.69, 9.17) is 0 Å². The third-order valence-corrected chi connectivity index (χ3v) is 3.00. The number of halogens is 2. The molecular weight excluding hydrogens is 310 g/mol. The van der Waals surface area contributed by atoms with Gasteiger partial charge in [-0.1, -0.05) is 12.1 Å². The van der Waals surface area contributed by atoms with Crippen LogP contribution in [0, 0.1) is 17.0 Å². The van der Waals surface area contributed by atoms with Gasteiger partial charge in [-0.25, -0.2) is 0 Å². The second kappa shape index (κ2) is 6.82. The molecule has 0 saturated heterocycles. The summed E-state index contributed by atoms with van der Waals surface area (Å²) in [5.74, 6) is -0.720. The molecule has 0 aromatic heterocycles. The molecule has 0 aliphatic rings. The number of ether oxygens (including phenoxy) is 1. The van der Waals surface area contributed by atoms with E-state index in [-0.39, 0.29) is 17.0 Å². The Morgan fingerprint density at radius 3 is 2.43 bits per heavy atom. The molecule has 0 bridgehead atoms. The smallest absolute Gasteiger partial charge is 0.387 e. The number of nitro benzene ring substituents is 1. The number of amides is 1. The van der Waals surface area contributed by atoms with Crippen LogP contribution in [0.4, 0.5) is 20.2 Å². The SMILES string of the molecule is Cc1cccc(C(=O)Nc2ccc(OC(F)F)cc2)c1[N+](=O)[O-]. The molecule has 8 heteroatoms. The van der Waals surface area contributed by atoms with Crippen LogP contribution in [0.3, 0.4) is 0 Å². The Morgan fingerprint density at radius 1 is 1.22 bits per heavy atom. The van der Waals surface area contributed by atoms with E-state index in [0.717, 1.165) is 0 Å². The van der Waals surface area contributed by atoms with E-state index in [1.54, 1.807) is 0 Å². The molecule has 0 fully saturated rings. The minimum absolute atomic E-state index is 0.0560. The number of nitrogens with one attached hydrogen (secondary N) is 1. The lowest BCUT2D eigenvalue weighted by atomic mass is 10.1. The van der Waals surface area contributed by atoms with Gasteiger partial charge in [-0.15, -0.1) is 0 Å². The lowest BCUT2D eigenvalue weighted by Crippen LogP contribution is -2.14. The Kier molecular flexibility index (Phi) is 4.85. The summed E-state index contributed by atoms with van der Waals surface area (Å²) in [4.78, 5) is 22.7. The molecule has 0 spiro atoms.